The number of methoxy groups -OCH3 is 1. The summed E-state index contributed by atoms with van der Waals surface area (Å²) in [5.74, 6) is -0.392. The molecule has 1 aromatic carbocycles. The van der Waals surface area contributed by atoms with E-state index in [0.717, 1.165) is 4.47 Å². The van der Waals surface area contributed by atoms with Crippen LogP contribution in [0, 0.1) is 0 Å². The second-order valence-electron chi connectivity index (χ2n) is 2.90. The van der Waals surface area contributed by atoms with Crippen molar-refractivity contribution in [1.29, 1.82) is 0 Å². The Bertz CT molecular complexity index is 528. The zero-order chi connectivity index (χ0) is 10.8. The largest absolute Gasteiger partial charge is 0.465 e. The molecule has 0 amide bonds. The Labute approximate surface area is 94.4 Å². The number of aromatic nitrogens is 2. The van der Waals surface area contributed by atoms with Crippen LogP contribution in [0.5, 0.6) is 0 Å². The van der Waals surface area contributed by atoms with Crippen LogP contribution in [0.4, 0.5) is 0 Å². The second-order valence-corrected chi connectivity index (χ2v) is 3.82. The van der Waals surface area contributed by atoms with E-state index in [1.807, 2.05) is 6.07 Å². The van der Waals surface area contributed by atoms with Gasteiger partial charge < -0.3 is 4.74 Å². The van der Waals surface area contributed by atoms with Crippen LogP contribution in [0.2, 0.25) is 0 Å². The molecule has 15 heavy (non-hydrogen) atoms. The summed E-state index contributed by atoms with van der Waals surface area (Å²) in [7, 11) is 1.35. The number of rotatable bonds is 1. The zero-order valence-corrected chi connectivity index (χ0v) is 9.48. The Morgan fingerprint density at radius 3 is 3.00 bits per heavy atom. The highest BCUT2D eigenvalue weighted by atomic mass is 79.9. The summed E-state index contributed by atoms with van der Waals surface area (Å²) in [4.78, 5) is 19.4. The van der Waals surface area contributed by atoms with Gasteiger partial charge in [-0.1, -0.05) is 15.9 Å². The van der Waals surface area contributed by atoms with Crippen molar-refractivity contribution >= 4 is 32.8 Å². The van der Waals surface area contributed by atoms with Gasteiger partial charge in [0.05, 0.1) is 18.2 Å². The van der Waals surface area contributed by atoms with Crippen LogP contribution >= 0.6 is 15.9 Å². The summed E-state index contributed by atoms with van der Waals surface area (Å²) in [6, 6.07) is 3.51. The van der Waals surface area contributed by atoms with Gasteiger partial charge in [0.1, 0.15) is 6.33 Å². The minimum absolute atomic E-state index is 0.392. The molecule has 1 aromatic heterocycles. The first-order chi connectivity index (χ1) is 7.22. The Hall–Kier alpha value is -1.49. The number of nitrogens with zero attached hydrogens (tertiary/aromatic N) is 2. The maximum absolute atomic E-state index is 11.5. The van der Waals surface area contributed by atoms with E-state index in [-0.39, 0.29) is 0 Å². The highest BCUT2D eigenvalue weighted by Gasteiger charge is 2.11. The van der Waals surface area contributed by atoms with E-state index in [1.54, 1.807) is 12.3 Å². The minimum atomic E-state index is -0.392. The SMILES string of the molecule is COC(=O)c1cc(Br)cc2ncncc12. The van der Waals surface area contributed by atoms with Crippen LogP contribution in [0.25, 0.3) is 10.9 Å². The molecule has 76 valence electrons. The van der Waals surface area contributed by atoms with Crippen molar-refractivity contribution in [3.63, 3.8) is 0 Å². The van der Waals surface area contributed by atoms with Crippen molar-refractivity contribution in [1.82, 2.24) is 9.97 Å². The Morgan fingerprint density at radius 2 is 2.27 bits per heavy atom. The van der Waals surface area contributed by atoms with E-state index in [1.165, 1.54) is 13.4 Å². The summed E-state index contributed by atoms with van der Waals surface area (Å²) < 4.78 is 5.47. The highest BCUT2D eigenvalue weighted by Crippen LogP contribution is 2.22. The standard InChI is InChI=1S/C10H7BrN2O2/c1-15-10(14)7-2-6(11)3-9-8(7)4-12-5-13-9/h2-5H,1H3. The molecule has 5 heteroatoms. The Morgan fingerprint density at radius 1 is 1.47 bits per heavy atom. The Balaban J connectivity index is 2.76. The van der Waals surface area contributed by atoms with Crippen molar-refractivity contribution < 1.29 is 9.53 Å². The van der Waals surface area contributed by atoms with Gasteiger partial charge in [-0.15, -0.1) is 0 Å². The fourth-order valence-electron chi connectivity index (χ4n) is 1.33. The summed E-state index contributed by atoms with van der Waals surface area (Å²) in [6.07, 6.45) is 3.04. The van der Waals surface area contributed by atoms with Gasteiger partial charge in [-0.25, -0.2) is 14.8 Å². The molecule has 0 fully saturated rings. The van der Waals surface area contributed by atoms with Gasteiger partial charge in [-0.05, 0) is 12.1 Å². The quantitative estimate of drug-likeness (QED) is 0.743. The van der Waals surface area contributed by atoms with Gasteiger partial charge in [0.2, 0.25) is 0 Å². The topological polar surface area (TPSA) is 52.1 Å². The fraction of sp³-hybridized carbons (Fsp3) is 0.100. The average Bonchev–Trinajstić information content (AvgIpc) is 2.26. The summed E-state index contributed by atoms with van der Waals surface area (Å²) in [6.45, 7) is 0. The molecule has 0 bridgehead atoms. The minimum Gasteiger partial charge on any atom is -0.465 e. The van der Waals surface area contributed by atoms with Crippen molar-refractivity contribution in [3.8, 4) is 0 Å². The van der Waals surface area contributed by atoms with Gasteiger partial charge in [0, 0.05) is 16.1 Å². The fourth-order valence-corrected chi connectivity index (χ4v) is 1.77. The van der Waals surface area contributed by atoms with Crippen LogP contribution in [-0.4, -0.2) is 23.0 Å². The molecule has 0 aliphatic rings. The van der Waals surface area contributed by atoms with Crippen molar-refractivity contribution in [2.75, 3.05) is 7.11 Å². The van der Waals surface area contributed by atoms with Gasteiger partial charge in [0.25, 0.3) is 0 Å². The van der Waals surface area contributed by atoms with Crippen LogP contribution in [0.3, 0.4) is 0 Å². The lowest BCUT2D eigenvalue weighted by atomic mass is 10.1. The average molecular weight is 267 g/mol. The second kappa shape index (κ2) is 3.94. The first-order valence-electron chi connectivity index (χ1n) is 4.20. The van der Waals surface area contributed by atoms with Gasteiger partial charge in [-0.2, -0.15) is 0 Å². The molecule has 0 aliphatic heterocycles. The maximum atomic E-state index is 11.5. The number of benzene rings is 1. The molecule has 0 saturated heterocycles. The molecule has 0 atom stereocenters. The number of halogens is 1. The molecule has 1 heterocycles. The van der Waals surface area contributed by atoms with Gasteiger partial charge in [0.15, 0.2) is 0 Å². The smallest absolute Gasteiger partial charge is 0.338 e. The molecule has 2 aromatic rings. The predicted octanol–water partition coefficient (Wildman–Crippen LogP) is 2.18. The lowest BCUT2D eigenvalue weighted by Crippen LogP contribution is -2.02. The Kier molecular flexibility index (Phi) is 2.64. The highest BCUT2D eigenvalue weighted by molar-refractivity contribution is 9.10. The van der Waals surface area contributed by atoms with E-state index in [2.05, 4.69) is 30.6 Å². The van der Waals surface area contributed by atoms with E-state index < -0.39 is 5.97 Å². The molecule has 0 saturated carbocycles. The number of hydrogen-bond donors (Lipinski definition) is 0. The zero-order valence-electron chi connectivity index (χ0n) is 7.90. The number of fused-ring (bicyclic) bond motifs is 1. The molecule has 0 unspecified atom stereocenters. The summed E-state index contributed by atoms with van der Waals surface area (Å²) in [5, 5.41) is 0.688. The molecular weight excluding hydrogens is 260 g/mol. The lowest BCUT2D eigenvalue weighted by Gasteiger charge is -2.04. The van der Waals surface area contributed by atoms with Gasteiger partial charge >= 0.3 is 5.97 Å². The number of ether oxygens (including phenoxy) is 1. The number of esters is 1. The third-order valence-corrected chi connectivity index (χ3v) is 2.45. The van der Waals surface area contributed by atoms with Crippen LogP contribution in [0.15, 0.2) is 29.1 Å². The third kappa shape index (κ3) is 1.83. The monoisotopic (exact) mass is 266 g/mol. The third-order valence-electron chi connectivity index (χ3n) is 2.00. The van der Waals surface area contributed by atoms with Crippen molar-refractivity contribution in [2.24, 2.45) is 0 Å². The molecule has 0 aliphatic carbocycles. The number of carbonyl (C=O) groups excluding carboxylic acids is 1. The normalized spacial score (nSPS) is 10.3. The van der Waals surface area contributed by atoms with E-state index in [9.17, 15) is 4.79 Å². The molecule has 0 radical (unpaired) electrons. The van der Waals surface area contributed by atoms with Crippen LogP contribution in [0.1, 0.15) is 10.4 Å². The van der Waals surface area contributed by atoms with Gasteiger partial charge in [-0.3, -0.25) is 0 Å². The lowest BCUT2D eigenvalue weighted by molar-refractivity contribution is 0.0603. The molecule has 0 N–H and O–H groups in total. The summed E-state index contributed by atoms with van der Waals surface area (Å²) in [5.41, 5.74) is 1.17. The first-order valence-corrected chi connectivity index (χ1v) is 4.99. The van der Waals surface area contributed by atoms with Crippen molar-refractivity contribution in [2.45, 2.75) is 0 Å². The molecular formula is C10H7BrN2O2. The maximum Gasteiger partial charge on any atom is 0.338 e. The van der Waals surface area contributed by atoms with Crippen molar-refractivity contribution in [3.05, 3.63) is 34.7 Å². The molecule has 0 spiro atoms. The van der Waals surface area contributed by atoms with E-state index in [4.69, 9.17) is 0 Å². The van der Waals surface area contributed by atoms with Crippen LogP contribution < -0.4 is 0 Å². The summed E-state index contributed by atoms with van der Waals surface area (Å²) >= 11 is 3.31. The molecule has 4 nitrogen and oxygen atoms in total. The molecule has 2 rings (SSSR count). The predicted molar refractivity (Wildman–Crippen MR) is 58.6 cm³/mol. The van der Waals surface area contributed by atoms with Crippen LogP contribution in [-0.2, 0) is 4.74 Å². The first kappa shape index (κ1) is 10.0. The van der Waals surface area contributed by atoms with E-state index in [0.29, 0.717) is 16.5 Å². The number of hydrogen-bond acceptors (Lipinski definition) is 4. The van der Waals surface area contributed by atoms with E-state index >= 15 is 0 Å². The number of carbonyl (C=O) groups is 1.